The summed E-state index contributed by atoms with van der Waals surface area (Å²) in [4.78, 5) is 12.9. The molecule has 0 radical (unpaired) electrons. The maximum absolute atomic E-state index is 6.51. The fraction of sp³-hybridized carbons (Fsp3) is 0. The molecule has 0 aliphatic carbocycles. The van der Waals surface area contributed by atoms with Gasteiger partial charge >= 0.3 is 0 Å². The van der Waals surface area contributed by atoms with E-state index in [-0.39, 0.29) is 0 Å². The molecule has 0 spiro atoms. The normalized spacial score (nSPS) is 12.5. The maximum Gasteiger partial charge on any atom is 0.180 e. The molecule has 0 unspecified atom stereocenters. The van der Waals surface area contributed by atoms with Gasteiger partial charge in [0.1, 0.15) is 28.0 Å². The second-order valence-electron chi connectivity index (χ2n) is 14.9. The summed E-state index contributed by atoms with van der Waals surface area (Å²) in [5.74, 6) is 0.641. The topological polar surface area (TPSA) is 55.3 Å². The molecule has 264 valence electrons. The highest BCUT2D eigenvalue weighted by molar-refractivity contribution is 6.19. The summed E-state index contributed by atoms with van der Waals surface area (Å²) in [6, 6.07) is 62.3. The predicted molar refractivity (Wildman–Crippen MR) is 234 cm³/mol. The summed E-state index contributed by atoms with van der Waals surface area (Å²) < 4.78 is 12.7. The lowest BCUT2D eigenvalue weighted by molar-refractivity contribution is 0.666. The van der Waals surface area contributed by atoms with Gasteiger partial charge in [0, 0.05) is 43.9 Å². The van der Waals surface area contributed by atoms with E-state index in [2.05, 4.69) is 138 Å². The standard InChI is InChI=1S/C52H29N3O2/c1-2-12-37-31(9-1)22-25-43-48(37)40-15-7-10-32-11-8-16-42(47(32)40)55(43)36-24-21-30-19-20-34(27-35(30)28-36)52-53-49(51-50(54-52)39-14-4-6-18-45(39)57-51)33-23-26-46-41(29-33)38-13-3-5-17-44(38)56-46/h1-29H. The van der Waals surface area contributed by atoms with Crippen molar-refractivity contribution in [3.05, 3.63) is 176 Å². The Balaban J connectivity index is 1.01. The van der Waals surface area contributed by atoms with Crippen molar-refractivity contribution in [1.29, 1.82) is 0 Å². The van der Waals surface area contributed by atoms with Crippen LogP contribution < -0.4 is 4.90 Å². The summed E-state index contributed by atoms with van der Waals surface area (Å²) >= 11 is 0. The predicted octanol–water partition coefficient (Wildman–Crippen LogP) is 14.5. The second-order valence-corrected chi connectivity index (χ2v) is 14.9. The summed E-state index contributed by atoms with van der Waals surface area (Å²) in [5, 5.41) is 10.3. The van der Waals surface area contributed by atoms with Crippen LogP contribution in [0.1, 0.15) is 0 Å². The van der Waals surface area contributed by atoms with Gasteiger partial charge in [0.05, 0.1) is 11.4 Å². The number of aromatic nitrogens is 2. The van der Waals surface area contributed by atoms with Gasteiger partial charge in [-0.05, 0) is 99.2 Å². The van der Waals surface area contributed by atoms with Crippen LogP contribution in [0.2, 0.25) is 0 Å². The van der Waals surface area contributed by atoms with Gasteiger partial charge in [-0.25, -0.2) is 9.97 Å². The molecule has 4 heterocycles. The number of benzene rings is 9. The van der Waals surface area contributed by atoms with Crippen molar-refractivity contribution in [1.82, 2.24) is 9.97 Å². The molecule has 0 saturated carbocycles. The summed E-state index contributed by atoms with van der Waals surface area (Å²) in [6.45, 7) is 0. The van der Waals surface area contributed by atoms with Crippen LogP contribution in [-0.4, -0.2) is 9.97 Å². The Morgan fingerprint density at radius 1 is 0.421 bits per heavy atom. The van der Waals surface area contributed by atoms with E-state index in [1.807, 2.05) is 42.5 Å². The molecule has 1 aliphatic heterocycles. The van der Waals surface area contributed by atoms with E-state index in [4.69, 9.17) is 18.8 Å². The molecule has 57 heavy (non-hydrogen) atoms. The number of rotatable bonds is 3. The number of nitrogens with zero attached hydrogens (tertiary/aromatic N) is 3. The Kier molecular flexibility index (Phi) is 6.10. The Bertz CT molecular complexity index is 3670. The number of anilines is 3. The van der Waals surface area contributed by atoms with E-state index in [0.717, 1.165) is 71.7 Å². The van der Waals surface area contributed by atoms with Gasteiger partial charge in [-0.2, -0.15) is 0 Å². The Morgan fingerprint density at radius 3 is 2.05 bits per heavy atom. The van der Waals surface area contributed by atoms with Crippen LogP contribution in [0.3, 0.4) is 0 Å². The zero-order valence-corrected chi connectivity index (χ0v) is 30.4. The first-order chi connectivity index (χ1) is 28.2. The number of fused-ring (bicyclic) bond motifs is 11. The van der Waals surface area contributed by atoms with Crippen LogP contribution in [-0.2, 0) is 0 Å². The van der Waals surface area contributed by atoms with Crippen LogP contribution in [0.15, 0.2) is 185 Å². The van der Waals surface area contributed by atoms with Crippen molar-refractivity contribution in [3.63, 3.8) is 0 Å². The van der Waals surface area contributed by atoms with Gasteiger partial charge in [-0.15, -0.1) is 0 Å². The third-order valence-corrected chi connectivity index (χ3v) is 11.8. The second kappa shape index (κ2) is 11.4. The van der Waals surface area contributed by atoms with Gasteiger partial charge in [0.15, 0.2) is 11.4 Å². The van der Waals surface area contributed by atoms with Gasteiger partial charge < -0.3 is 13.7 Å². The first-order valence-corrected chi connectivity index (χ1v) is 19.2. The fourth-order valence-electron chi connectivity index (χ4n) is 9.15. The zero-order valence-electron chi connectivity index (χ0n) is 30.4. The maximum atomic E-state index is 6.51. The van der Waals surface area contributed by atoms with E-state index >= 15 is 0 Å². The smallest absolute Gasteiger partial charge is 0.180 e. The highest BCUT2D eigenvalue weighted by atomic mass is 16.3. The highest BCUT2D eigenvalue weighted by Gasteiger charge is 2.28. The van der Waals surface area contributed by atoms with Crippen molar-refractivity contribution in [2.45, 2.75) is 0 Å². The van der Waals surface area contributed by atoms with Crippen LogP contribution >= 0.6 is 0 Å². The average Bonchev–Trinajstić information content (AvgIpc) is 3.84. The summed E-state index contributed by atoms with van der Waals surface area (Å²) in [5.41, 5.74) is 12.5. The quantitative estimate of drug-likeness (QED) is 0.181. The number of hydrogen-bond acceptors (Lipinski definition) is 5. The third-order valence-electron chi connectivity index (χ3n) is 11.8. The van der Waals surface area contributed by atoms with E-state index < -0.39 is 0 Å². The molecule has 9 aromatic carbocycles. The van der Waals surface area contributed by atoms with Gasteiger partial charge in [0.2, 0.25) is 0 Å². The van der Waals surface area contributed by atoms with Crippen LogP contribution in [0.25, 0.3) is 110 Å². The average molecular weight is 728 g/mol. The van der Waals surface area contributed by atoms with E-state index in [0.29, 0.717) is 11.4 Å². The summed E-state index contributed by atoms with van der Waals surface area (Å²) in [6.07, 6.45) is 0. The SMILES string of the molecule is c1ccc2c3c(ccc2c1)N(c1ccc2ccc(-c4nc(-c5ccc6oc7ccccc7c6c5)c5oc6ccccc6c5n4)cc2c1)c1cccc2cccc-3c12. The molecule has 5 nitrogen and oxygen atoms in total. The minimum absolute atomic E-state index is 0.641. The van der Waals surface area contributed by atoms with Crippen molar-refractivity contribution < 1.29 is 8.83 Å². The zero-order chi connectivity index (χ0) is 37.2. The molecule has 3 aromatic heterocycles. The molecule has 12 aromatic rings. The van der Waals surface area contributed by atoms with Gasteiger partial charge in [-0.3, -0.25) is 0 Å². The van der Waals surface area contributed by atoms with Crippen LogP contribution in [0.4, 0.5) is 17.1 Å². The Morgan fingerprint density at radius 2 is 1.14 bits per heavy atom. The molecular formula is C52H29N3O2. The van der Waals surface area contributed by atoms with Crippen molar-refractivity contribution in [2.24, 2.45) is 0 Å². The molecule has 0 bridgehead atoms. The lowest BCUT2D eigenvalue weighted by atomic mass is 9.87. The van der Waals surface area contributed by atoms with Crippen molar-refractivity contribution >= 4 is 93.4 Å². The minimum atomic E-state index is 0.641. The van der Waals surface area contributed by atoms with Crippen molar-refractivity contribution in [3.8, 4) is 33.8 Å². The van der Waals surface area contributed by atoms with E-state index in [1.165, 1.54) is 44.0 Å². The molecule has 13 rings (SSSR count). The molecule has 1 aliphatic rings. The molecular weight excluding hydrogens is 699 g/mol. The van der Waals surface area contributed by atoms with E-state index in [9.17, 15) is 0 Å². The van der Waals surface area contributed by atoms with Crippen LogP contribution in [0, 0.1) is 0 Å². The largest absolute Gasteiger partial charge is 0.456 e. The van der Waals surface area contributed by atoms with Gasteiger partial charge in [0.25, 0.3) is 0 Å². The number of furan rings is 2. The third kappa shape index (κ3) is 4.39. The Labute approximate surface area is 325 Å². The molecule has 0 atom stereocenters. The molecule has 0 fully saturated rings. The molecule has 5 heteroatoms. The molecule has 0 amide bonds. The first kappa shape index (κ1) is 30.6. The Hall–Kier alpha value is -7.76. The first-order valence-electron chi connectivity index (χ1n) is 19.2. The summed E-state index contributed by atoms with van der Waals surface area (Å²) in [7, 11) is 0. The minimum Gasteiger partial charge on any atom is -0.456 e. The van der Waals surface area contributed by atoms with Crippen LogP contribution in [0.5, 0.6) is 0 Å². The lowest BCUT2D eigenvalue weighted by Gasteiger charge is -2.34. The fourth-order valence-corrected chi connectivity index (χ4v) is 9.15. The highest BCUT2D eigenvalue weighted by Crippen LogP contribution is 2.53. The van der Waals surface area contributed by atoms with Gasteiger partial charge in [-0.1, -0.05) is 109 Å². The monoisotopic (exact) mass is 727 g/mol. The molecule has 0 saturated heterocycles. The van der Waals surface area contributed by atoms with E-state index in [1.54, 1.807) is 0 Å². The molecule has 0 N–H and O–H groups in total. The lowest BCUT2D eigenvalue weighted by Crippen LogP contribution is -2.15. The number of hydrogen-bond donors (Lipinski definition) is 0. The number of para-hydroxylation sites is 2. The van der Waals surface area contributed by atoms with Crippen molar-refractivity contribution in [2.75, 3.05) is 4.90 Å².